The third-order valence-corrected chi connectivity index (χ3v) is 3.24. The number of ether oxygens (including phenoxy) is 1. The van der Waals surface area contributed by atoms with E-state index in [-0.39, 0.29) is 11.8 Å². The summed E-state index contributed by atoms with van der Waals surface area (Å²) in [7, 11) is 0. The summed E-state index contributed by atoms with van der Waals surface area (Å²) < 4.78 is 28.7. The Labute approximate surface area is 123 Å². The molecule has 1 atom stereocenters. The molecule has 2 aromatic rings. The van der Waals surface area contributed by atoms with Crippen LogP contribution >= 0.6 is 0 Å². The minimum absolute atomic E-state index is 0.0238. The molecule has 1 unspecified atom stereocenters. The Balaban J connectivity index is 2.28. The van der Waals surface area contributed by atoms with E-state index >= 15 is 0 Å². The number of hydrogen-bond acceptors (Lipinski definition) is 3. The van der Waals surface area contributed by atoms with Crippen LogP contribution in [0.2, 0.25) is 0 Å². The molecule has 0 radical (unpaired) electrons. The van der Waals surface area contributed by atoms with Crippen molar-refractivity contribution in [3.8, 4) is 5.75 Å². The minimum atomic E-state index is -2.80. The topological polar surface area (TPSA) is 34.1 Å². The molecule has 2 rings (SSSR count). The molecular formula is C16H18F2N2O. The van der Waals surface area contributed by atoms with Gasteiger partial charge in [0.25, 0.3) is 0 Å². The minimum Gasteiger partial charge on any atom is -0.435 e. The van der Waals surface area contributed by atoms with E-state index in [1.807, 2.05) is 26.1 Å². The summed E-state index contributed by atoms with van der Waals surface area (Å²) in [6, 6.07) is 8.61. The predicted molar refractivity (Wildman–Crippen MR) is 77.6 cm³/mol. The van der Waals surface area contributed by atoms with Gasteiger partial charge in [-0.05, 0) is 48.4 Å². The summed E-state index contributed by atoms with van der Waals surface area (Å²) in [4.78, 5) is 4.17. The maximum atomic E-state index is 12.2. The van der Waals surface area contributed by atoms with Crippen LogP contribution in [-0.2, 0) is 0 Å². The average molecular weight is 292 g/mol. The van der Waals surface area contributed by atoms with Crippen molar-refractivity contribution in [3.63, 3.8) is 0 Å². The van der Waals surface area contributed by atoms with Crippen LogP contribution in [0, 0.1) is 6.92 Å². The molecule has 0 saturated carbocycles. The lowest BCUT2D eigenvalue weighted by atomic mass is 9.96. The van der Waals surface area contributed by atoms with E-state index in [1.165, 1.54) is 0 Å². The Hall–Kier alpha value is -2.01. The summed E-state index contributed by atoms with van der Waals surface area (Å²) in [5.41, 5.74) is 3.18. The molecule has 1 heterocycles. The number of nitrogens with zero attached hydrogens (tertiary/aromatic N) is 1. The second-order valence-electron chi connectivity index (χ2n) is 4.67. The van der Waals surface area contributed by atoms with Crippen LogP contribution in [-0.4, -0.2) is 18.1 Å². The van der Waals surface area contributed by atoms with Crippen molar-refractivity contribution in [2.75, 3.05) is 6.54 Å². The summed E-state index contributed by atoms with van der Waals surface area (Å²) in [5, 5.41) is 3.39. The molecule has 5 heteroatoms. The van der Waals surface area contributed by atoms with Crippen molar-refractivity contribution >= 4 is 0 Å². The molecule has 0 bridgehead atoms. The van der Waals surface area contributed by atoms with E-state index in [1.54, 1.807) is 30.5 Å². The van der Waals surface area contributed by atoms with Gasteiger partial charge in [0.15, 0.2) is 0 Å². The van der Waals surface area contributed by atoms with Crippen LogP contribution in [0.1, 0.15) is 29.7 Å². The van der Waals surface area contributed by atoms with Gasteiger partial charge in [-0.25, -0.2) is 0 Å². The van der Waals surface area contributed by atoms with Gasteiger partial charge in [-0.15, -0.1) is 0 Å². The highest BCUT2D eigenvalue weighted by molar-refractivity contribution is 5.37. The quantitative estimate of drug-likeness (QED) is 0.881. The fourth-order valence-corrected chi connectivity index (χ4v) is 2.23. The first-order valence-corrected chi connectivity index (χ1v) is 6.80. The zero-order valence-corrected chi connectivity index (χ0v) is 12.0. The van der Waals surface area contributed by atoms with Crippen molar-refractivity contribution in [1.29, 1.82) is 0 Å². The largest absolute Gasteiger partial charge is 0.435 e. The van der Waals surface area contributed by atoms with E-state index < -0.39 is 6.61 Å². The Morgan fingerprint density at radius 1 is 1.19 bits per heavy atom. The Morgan fingerprint density at radius 3 is 2.48 bits per heavy atom. The SMILES string of the molecule is CCNC(c1ccc(OC(F)F)cc1)c1cnccc1C. The highest BCUT2D eigenvalue weighted by atomic mass is 19.3. The van der Waals surface area contributed by atoms with E-state index in [4.69, 9.17) is 0 Å². The molecule has 1 aromatic heterocycles. The van der Waals surface area contributed by atoms with E-state index in [2.05, 4.69) is 15.0 Å². The lowest BCUT2D eigenvalue weighted by Gasteiger charge is -2.20. The van der Waals surface area contributed by atoms with Crippen molar-refractivity contribution in [2.45, 2.75) is 26.5 Å². The number of alkyl halides is 2. The molecule has 1 N–H and O–H groups in total. The van der Waals surface area contributed by atoms with Gasteiger partial charge < -0.3 is 10.1 Å². The van der Waals surface area contributed by atoms with Gasteiger partial charge in [0, 0.05) is 12.4 Å². The number of rotatable bonds is 6. The first kappa shape index (κ1) is 15.4. The van der Waals surface area contributed by atoms with Gasteiger partial charge in [0.05, 0.1) is 6.04 Å². The maximum absolute atomic E-state index is 12.2. The predicted octanol–water partition coefficient (Wildman–Crippen LogP) is 3.69. The van der Waals surface area contributed by atoms with Crippen LogP contribution in [0.3, 0.4) is 0 Å². The number of aromatic nitrogens is 1. The fraction of sp³-hybridized carbons (Fsp3) is 0.312. The molecule has 21 heavy (non-hydrogen) atoms. The van der Waals surface area contributed by atoms with Crippen molar-refractivity contribution in [3.05, 3.63) is 59.4 Å². The van der Waals surface area contributed by atoms with Crippen LogP contribution in [0.15, 0.2) is 42.7 Å². The molecule has 0 aliphatic heterocycles. The summed E-state index contributed by atoms with van der Waals surface area (Å²) in [6.45, 7) is 2.03. The Bertz CT molecular complexity index is 573. The van der Waals surface area contributed by atoms with Gasteiger partial charge in [-0.2, -0.15) is 8.78 Å². The standard InChI is InChI=1S/C16H18F2N2O/c1-3-20-15(14-10-19-9-8-11(14)2)12-4-6-13(7-5-12)21-16(17)18/h4-10,15-16,20H,3H2,1-2H3. The Kier molecular flexibility index (Phi) is 5.22. The molecular weight excluding hydrogens is 274 g/mol. The van der Waals surface area contributed by atoms with Gasteiger partial charge >= 0.3 is 6.61 Å². The van der Waals surface area contributed by atoms with Gasteiger partial charge in [0.2, 0.25) is 0 Å². The number of halogens is 2. The van der Waals surface area contributed by atoms with E-state index in [0.717, 1.165) is 23.2 Å². The highest BCUT2D eigenvalue weighted by Crippen LogP contribution is 2.26. The number of aryl methyl sites for hydroxylation is 1. The second-order valence-corrected chi connectivity index (χ2v) is 4.67. The van der Waals surface area contributed by atoms with Gasteiger partial charge in [0.1, 0.15) is 5.75 Å². The molecule has 0 spiro atoms. The maximum Gasteiger partial charge on any atom is 0.387 e. The first-order valence-electron chi connectivity index (χ1n) is 6.80. The molecule has 0 aliphatic rings. The zero-order chi connectivity index (χ0) is 15.2. The molecule has 0 amide bonds. The first-order chi connectivity index (χ1) is 10.1. The van der Waals surface area contributed by atoms with Crippen LogP contribution in [0.5, 0.6) is 5.75 Å². The van der Waals surface area contributed by atoms with Crippen LogP contribution < -0.4 is 10.1 Å². The number of pyridine rings is 1. The van der Waals surface area contributed by atoms with Crippen LogP contribution in [0.4, 0.5) is 8.78 Å². The second kappa shape index (κ2) is 7.13. The lowest BCUT2D eigenvalue weighted by Crippen LogP contribution is -2.22. The smallest absolute Gasteiger partial charge is 0.387 e. The van der Waals surface area contributed by atoms with Gasteiger partial charge in [-0.3, -0.25) is 4.98 Å². The van der Waals surface area contributed by atoms with Crippen molar-refractivity contribution in [2.24, 2.45) is 0 Å². The van der Waals surface area contributed by atoms with Gasteiger partial charge in [-0.1, -0.05) is 19.1 Å². The Morgan fingerprint density at radius 2 is 1.90 bits per heavy atom. The third kappa shape index (κ3) is 3.98. The molecule has 0 aliphatic carbocycles. The van der Waals surface area contributed by atoms with Crippen molar-refractivity contribution < 1.29 is 13.5 Å². The van der Waals surface area contributed by atoms with Crippen LogP contribution in [0.25, 0.3) is 0 Å². The average Bonchev–Trinajstić information content (AvgIpc) is 2.46. The molecule has 1 aromatic carbocycles. The summed E-state index contributed by atoms with van der Waals surface area (Å²) in [6.07, 6.45) is 3.58. The molecule has 0 saturated heterocycles. The zero-order valence-electron chi connectivity index (χ0n) is 12.0. The monoisotopic (exact) mass is 292 g/mol. The number of hydrogen-bond donors (Lipinski definition) is 1. The number of nitrogens with one attached hydrogen (secondary N) is 1. The van der Waals surface area contributed by atoms with E-state index in [0.29, 0.717) is 0 Å². The van der Waals surface area contributed by atoms with E-state index in [9.17, 15) is 8.78 Å². The molecule has 112 valence electrons. The normalized spacial score (nSPS) is 12.4. The highest BCUT2D eigenvalue weighted by Gasteiger charge is 2.15. The summed E-state index contributed by atoms with van der Waals surface area (Å²) >= 11 is 0. The van der Waals surface area contributed by atoms with Crippen molar-refractivity contribution in [1.82, 2.24) is 10.3 Å². The fourth-order valence-electron chi connectivity index (χ4n) is 2.23. The third-order valence-electron chi connectivity index (χ3n) is 3.24. The number of benzene rings is 1. The molecule has 3 nitrogen and oxygen atoms in total. The molecule has 0 fully saturated rings. The lowest BCUT2D eigenvalue weighted by molar-refractivity contribution is -0.0498. The summed E-state index contributed by atoms with van der Waals surface area (Å²) in [5.74, 6) is 0.159.